The molecule has 3 aromatic heterocycles. The summed E-state index contributed by atoms with van der Waals surface area (Å²) < 4.78 is 7.02. The summed E-state index contributed by atoms with van der Waals surface area (Å²) in [6.45, 7) is 4.05. The van der Waals surface area contributed by atoms with E-state index in [2.05, 4.69) is 52.5 Å². The van der Waals surface area contributed by atoms with E-state index < -0.39 is 0 Å². The number of aromatic nitrogens is 3. The average Bonchev–Trinajstić information content (AvgIpc) is 3.46. The predicted molar refractivity (Wildman–Crippen MR) is 148 cm³/mol. The van der Waals surface area contributed by atoms with Gasteiger partial charge >= 0.3 is 5.97 Å². The van der Waals surface area contributed by atoms with Gasteiger partial charge in [-0.2, -0.15) is 0 Å². The normalized spacial score (nSPS) is 14.4. The monoisotopic (exact) mass is 514 g/mol. The number of fused-ring (bicyclic) bond motifs is 2. The highest BCUT2D eigenvalue weighted by atomic mass is 32.1. The van der Waals surface area contributed by atoms with E-state index in [1.807, 2.05) is 19.1 Å². The van der Waals surface area contributed by atoms with Gasteiger partial charge in [0.2, 0.25) is 0 Å². The van der Waals surface area contributed by atoms with Gasteiger partial charge in [0, 0.05) is 11.3 Å². The van der Waals surface area contributed by atoms with E-state index in [1.54, 1.807) is 11.3 Å². The maximum Gasteiger partial charge on any atom is 0.348 e. The molecule has 0 unspecified atom stereocenters. The summed E-state index contributed by atoms with van der Waals surface area (Å²) in [6.07, 6.45) is 6.94. The lowest BCUT2D eigenvalue weighted by Gasteiger charge is -2.21. The molecule has 0 spiro atoms. The molecule has 0 aliphatic heterocycles. The van der Waals surface area contributed by atoms with Crippen LogP contribution >= 0.6 is 22.7 Å². The summed E-state index contributed by atoms with van der Waals surface area (Å²) >= 11 is 3.08. The number of benzene rings is 2. The SMILES string of the molecule is Cc1ccc2nc(-c3ccc(Nc4ncnc5sc(C(=O)OC6CCCCC6)c(C)c45)cc3)sc2c1. The Kier molecular flexibility index (Phi) is 6.15. The lowest BCUT2D eigenvalue weighted by atomic mass is 9.98. The zero-order valence-electron chi connectivity index (χ0n) is 20.2. The van der Waals surface area contributed by atoms with E-state index in [9.17, 15) is 4.79 Å². The molecule has 0 saturated heterocycles. The first-order valence-corrected chi connectivity index (χ1v) is 13.9. The lowest BCUT2D eigenvalue weighted by Crippen LogP contribution is -2.20. The molecule has 36 heavy (non-hydrogen) atoms. The molecule has 1 N–H and O–H groups in total. The predicted octanol–water partition coefficient (Wildman–Crippen LogP) is 7.82. The summed E-state index contributed by atoms with van der Waals surface area (Å²) in [7, 11) is 0. The van der Waals surface area contributed by atoms with E-state index in [-0.39, 0.29) is 12.1 Å². The Morgan fingerprint density at radius 2 is 1.81 bits per heavy atom. The molecule has 1 saturated carbocycles. The van der Waals surface area contributed by atoms with Crippen molar-refractivity contribution in [1.82, 2.24) is 15.0 Å². The molecule has 1 fully saturated rings. The van der Waals surface area contributed by atoms with E-state index in [0.29, 0.717) is 10.7 Å². The summed E-state index contributed by atoms with van der Waals surface area (Å²) in [5.74, 6) is 0.442. The number of thiazole rings is 1. The number of ether oxygens (including phenoxy) is 1. The summed E-state index contributed by atoms with van der Waals surface area (Å²) in [6, 6.07) is 14.5. The molecule has 2 aromatic carbocycles. The molecule has 5 aromatic rings. The summed E-state index contributed by atoms with van der Waals surface area (Å²) in [5, 5.41) is 5.29. The minimum atomic E-state index is -0.247. The Morgan fingerprint density at radius 3 is 2.61 bits per heavy atom. The van der Waals surface area contributed by atoms with Crippen LogP contribution in [0.1, 0.15) is 52.9 Å². The number of hydrogen-bond acceptors (Lipinski definition) is 8. The number of anilines is 2. The second-order valence-electron chi connectivity index (χ2n) is 9.32. The fraction of sp³-hybridized carbons (Fsp3) is 0.286. The highest BCUT2D eigenvalue weighted by Crippen LogP contribution is 2.36. The Labute approximate surface area is 217 Å². The third kappa shape index (κ3) is 4.47. The van der Waals surface area contributed by atoms with Crippen molar-refractivity contribution in [1.29, 1.82) is 0 Å². The number of esters is 1. The quantitative estimate of drug-likeness (QED) is 0.241. The number of hydrogen-bond donors (Lipinski definition) is 1. The standard InChI is InChI=1S/C28H26N4O2S2/c1-16-8-13-21-22(14-16)35-26(32-21)18-9-11-19(12-10-18)31-25-23-17(2)24(36-27(23)30-15-29-25)28(33)34-20-6-4-3-5-7-20/h8-15,20H,3-7H2,1-2H3,(H,29,30,31). The molecule has 6 nitrogen and oxygen atoms in total. The molecule has 8 heteroatoms. The van der Waals surface area contributed by atoms with Crippen LogP contribution in [-0.2, 0) is 4.74 Å². The van der Waals surface area contributed by atoms with Gasteiger partial charge in [0.15, 0.2) is 0 Å². The van der Waals surface area contributed by atoms with Crippen molar-refractivity contribution in [2.75, 3.05) is 5.32 Å². The summed E-state index contributed by atoms with van der Waals surface area (Å²) in [5.41, 5.74) is 5.11. The molecular formula is C28H26N4O2S2. The van der Waals surface area contributed by atoms with Gasteiger partial charge in [-0.05, 0) is 87.1 Å². The van der Waals surface area contributed by atoms with Crippen LogP contribution in [0.15, 0.2) is 48.8 Å². The number of carbonyl (C=O) groups excluding carboxylic acids is 1. The van der Waals surface area contributed by atoms with Gasteiger partial charge < -0.3 is 10.1 Å². The average molecular weight is 515 g/mol. The summed E-state index contributed by atoms with van der Waals surface area (Å²) in [4.78, 5) is 28.0. The third-order valence-corrected chi connectivity index (χ3v) is 8.92. The molecule has 6 rings (SSSR count). The first kappa shape index (κ1) is 23.1. The number of nitrogens with zero attached hydrogens (tertiary/aromatic N) is 3. The van der Waals surface area contributed by atoms with Crippen LogP contribution in [0, 0.1) is 13.8 Å². The van der Waals surface area contributed by atoms with Gasteiger partial charge in [0.25, 0.3) is 0 Å². The van der Waals surface area contributed by atoms with E-state index >= 15 is 0 Å². The zero-order chi connectivity index (χ0) is 24.6. The van der Waals surface area contributed by atoms with Crippen molar-refractivity contribution in [3.05, 3.63) is 64.8 Å². The second-order valence-corrected chi connectivity index (χ2v) is 11.3. The van der Waals surface area contributed by atoms with Crippen molar-refractivity contribution in [3.8, 4) is 10.6 Å². The van der Waals surface area contributed by atoms with E-state index in [4.69, 9.17) is 9.72 Å². The smallest absolute Gasteiger partial charge is 0.348 e. The third-order valence-electron chi connectivity index (χ3n) is 6.68. The lowest BCUT2D eigenvalue weighted by molar-refractivity contribution is 0.0216. The number of aryl methyl sites for hydroxylation is 2. The molecule has 182 valence electrons. The van der Waals surface area contributed by atoms with Crippen LogP contribution in [0.3, 0.4) is 0 Å². The largest absolute Gasteiger partial charge is 0.458 e. The van der Waals surface area contributed by atoms with Crippen LogP contribution in [0.2, 0.25) is 0 Å². The molecular weight excluding hydrogens is 488 g/mol. The molecule has 0 atom stereocenters. The molecule has 0 amide bonds. The van der Waals surface area contributed by atoms with Crippen molar-refractivity contribution in [3.63, 3.8) is 0 Å². The number of nitrogens with one attached hydrogen (secondary N) is 1. The van der Waals surface area contributed by atoms with Crippen LogP contribution in [0.5, 0.6) is 0 Å². The Bertz CT molecular complexity index is 1570. The van der Waals surface area contributed by atoms with Crippen LogP contribution in [0.25, 0.3) is 31.0 Å². The van der Waals surface area contributed by atoms with Gasteiger partial charge in [0.1, 0.15) is 33.0 Å². The highest BCUT2D eigenvalue weighted by molar-refractivity contribution is 7.21. The molecule has 0 bridgehead atoms. The minimum Gasteiger partial charge on any atom is -0.458 e. The van der Waals surface area contributed by atoms with Crippen LogP contribution < -0.4 is 5.32 Å². The Morgan fingerprint density at radius 1 is 1.00 bits per heavy atom. The van der Waals surface area contributed by atoms with E-state index in [0.717, 1.165) is 63.2 Å². The second kappa shape index (κ2) is 9.59. The van der Waals surface area contributed by atoms with Crippen molar-refractivity contribution in [2.45, 2.75) is 52.1 Å². The number of rotatable bonds is 5. The fourth-order valence-electron chi connectivity index (χ4n) is 4.74. The van der Waals surface area contributed by atoms with Gasteiger partial charge in [-0.25, -0.2) is 19.7 Å². The zero-order valence-corrected chi connectivity index (χ0v) is 21.8. The van der Waals surface area contributed by atoms with Crippen LogP contribution in [-0.4, -0.2) is 27.0 Å². The molecule has 3 heterocycles. The molecule has 1 aliphatic carbocycles. The Balaban J connectivity index is 1.24. The van der Waals surface area contributed by atoms with Gasteiger partial charge in [-0.15, -0.1) is 22.7 Å². The van der Waals surface area contributed by atoms with Gasteiger partial charge in [-0.3, -0.25) is 0 Å². The number of carbonyl (C=O) groups is 1. The topological polar surface area (TPSA) is 77.0 Å². The van der Waals surface area contributed by atoms with Gasteiger partial charge in [-0.1, -0.05) is 12.5 Å². The van der Waals surface area contributed by atoms with Crippen molar-refractivity contribution >= 4 is 60.6 Å². The molecule has 1 aliphatic rings. The fourth-order valence-corrected chi connectivity index (χ4v) is 6.84. The van der Waals surface area contributed by atoms with Crippen molar-refractivity contribution < 1.29 is 9.53 Å². The first-order valence-electron chi connectivity index (χ1n) is 12.2. The Hall–Kier alpha value is -3.36. The molecule has 0 radical (unpaired) electrons. The van der Waals surface area contributed by atoms with Crippen LogP contribution in [0.4, 0.5) is 11.5 Å². The number of thiophene rings is 1. The first-order chi connectivity index (χ1) is 17.5. The van der Waals surface area contributed by atoms with E-state index in [1.165, 1.54) is 34.3 Å². The van der Waals surface area contributed by atoms with Gasteiger partial charge in [0.05, 0.1) is 15.6 Å². The highest BCUT2D eigenvalue weighted by Gasteiger charge is 2.24. The maximum atomic E-state index is 12.9. The van der Waals surface area contributed by atoms with Crippen molar-refractivity contribution in [2.24, 2.45) is 0 Å². The minimum absolute atomic E-state index is 0.0255. The maximum absolute atomic E-state index is 12.9.